The van der Waals surface area contributed by atoms with Crippen LogP contribution in [0.15, 0.2) is 72.8 Å². The van der Waals surface area contributed by atoms with Gasteiger partial charge in [-0.15, -0.1) is 0 Å². The van der Waals surface area contributed by atoms with E-state index in [1.807, 2.05) is 72.8 Å². The second kappa shape index (κ2) is 12.3. The number of fused-ring (bicyclic) bond motifs is 7. The number of likely N-dealkylation sites (N-methyl/N-ethyl adjacent to an activating group) is 2. The van der Waals surface area contributed by atoms with Gasteiger partial charge >= 0.3 is 12.1 Å². The molecule has 1 N–H and O–H groups in total. The van der Waals surface area contributed by atoms with Crippen LogP contribution in [0.1, 0.15) is 16.7 Å². The Bertz CT molecular complexity index is 1310. The maximum Gasteiger partial charge on any atom is 0.410 e. The molecule has 9 heteroatoms. The number of hydrogen-bond donors (Lipinski definition) is 1. The molecule has 4 bridgehead atoms. The van der Waals surface area contributed by atoms with Crippen LogP contribution in [0.2, 0.25) is 0 Å². The lowest BCUT2D eigenvalue weighted by Gasteiger charge is -2.34. The molecule has 0 aliphatic carbocycles. The van der Waals surface area contributed by atoms with Gasteiger partial charge in [-0.05, 0) is 41.0 Å². The monoisotopic (exact) mass is 531 g/mol. The van der Waals surface area contributed by atoms with Gasteiger partial charge in [0.05, 0.1) is 19.9 Å². The summed E-state index contributed by atoms with van der Waals surface area (Å²) in [5.41, 5.74) is 4.03. The minimum atomic E-state index is -0.918. The molecular formula is C30H33N3O6. The van der Waals surface area contributed by atoms with Crippen LogP contribution >= 0.6 is 0 Å². The van der Waals surface area contributed by atoms with Crippen LogP contribution in [-0.2, 0) is 38.5 Å². The molecule has 0 saturated carbocycles. The van der Waals surface area contributed by atoms with Crippen LogP contribution in [0.4, 0.5) is 16.2 Å². The van der Waals surface area contributed by atoms with E-state index in [4.69, 9.17) is 14.2 Å². The Kier molecular flexibility index (Phi) is 8.70. The van der Waals surface area contributed by atoms with Gasteiger partial charge in [0.1, 0.15) is 24.4 Å². The molecule has 0 spiro atoms. The first-order chi connectivity index (χ1) is 18.8. The Morgan fingerprint density at radius 1 is 0.974 bits per heavy atom. The average molecular weight is 532 g/mol. The standard InChI is InChI=1S/C30H33N3O6/c1-32-26(29(35)38-4)18-22-12-15-27(37-3)24(16-22)31-23-13-10-20(11-14-23)17-25(28(32)34)33(2)30(36)39-19-21-8-6-5-7-9-21/h5-16,25-26,31H,17-19H2,1-4H3/t25-,26-/m0/s1. The first kappa shape index (κ1) is 27.5. The zero-order chi connectivity index (χ0) is 27.9. The van der Waals surface area contributed by atoms with Gasteiger partial charge in [-0.1, -0.05) is 48.5 Å². The number of anilines is 2. The number of amides is 2. The summed E-state index contributed by atoms with van der Waals surface area (Å²) < 4.78 is 16.1. The molecule has 0 fully saturated rings. The van der Waals surface area contributed by atoms with Crippen molar-refractivity contribution in [2.45, 2.75) is 31.5 Å². The summed E-state index contributed by atoms with van der Waals surface area (Å²) in [5.74, 6) is -0.318. The third kappa shape index (κ3) is 6.49. The number of nitrogens with zero attached hydrogens (tertiary/aromatic N) is 2. The molecule has 2 heterocycles. The smallest absolute Gasteiger partial charge is 0.410 e. The average Bonchev–Trinajstić information content (AvgIpc) is 2.97. The Labute approximate surface area is 228 Å². The van der Waals surface area contributed by atoms with Crippen molar-refractivity contribution < 1.29 is 28.6 Å². The number of hydrogen-bond acceptors (Lipinski definition) is 7. The van der Waals surface area contributed by atoms with Crippen molar-refractivity contribution in [3.05, 3.63) is 89.5 Å². The first-order valence-corrected chi connectivity index (χ1v) is 12.6. The molecule has 9 nitrogen and oxygen atoms in total. The molecule has 0 unspecified atom stereocenters. The summed E-state index contributed by atoms with van der Waals surface area (Å²) in [5, 5.41) is 3.37. The summed E-state index contributed by atoms with van der Waals surface area (Å²) in [7, 11) is 5.97. The van der Waals surface area contributed by atoms with Gasteiger partial charge in [0, 0.05) is 32.6 Å². The second-order valence-corrected chi connectivity index (χ2v) is 9.42. The predicted octanol–water partition coefficient (Wildman–Crippen LogP) is 4.17. The van der Waals surface area contributed by atoms with Crippen molar-refractivity contribution in [1.82, 2.24) is 9.80 Å². The number of ether oxygens (including phenoxy) is 3. The fourth-order valence-corrected chi connectivity index (χ4v) is 4.55. The highest BCUT2D eigenvalue weighted by Gasteiger charge is 2.36. The Morgan fingerprint density at radius 2 is 1.67 bits per heavy atom. The molecule has 0 aromatic heterocycles. The SMILES string of the molecule is COC(=O)[C@@H]1Cc2ccc(OC)c(c2)Nc2ccc(cc2)C[C@H](N(C)C(=O)OCc2ccccc2)C(=O)N1C. The van der Waals surface area contributed by atoms with Crippen molar-refractivity contribution in [1.29, 1.82) is 0 Å². The maximum atomic E-state index is 13.9. The van der Waals surface area contributed by atoms with Crippen LogP contribution in [0.5, 0.6) is 5.75 Å². The van der Waals surface area contributed by atoms with E-state index < -0.39 is 30.1 Å². The molecule has 2 amide bonds. The quantitative estimate of drug-likeness (QED) is 0.494. The van der Waals surface area contributed by atoms with Crippen LogP contribution in [0, 0.1) is 0 Å². The number of carbonyl (C=O) groups excluding carboxylic acids is 3. The maximum absolute atomic E-state index is 13.9. The van der Waals surface area contributed by atoms with Crippen molar-refractivity contribution in [2.24, 2.45) is 0 Å². The van der Waals surface area contributed by atoms with E-state index >= 15 is 0 Å². The minimum absolute atomic E-state index is 0.0751. The van der Waals surface area contributed by atoms with E-state index in [0.29, 0.717) is 5.75 Å². The van der Waals surface area contributed by atoms with E-state index in [0.717, 1.165) is 28.1 Å². The van der Waals surface area contributed by atoms with Gasteiger partial charge in [-0.25, -0.2) is 9.59 Å². The van der Waals surface area contributed by atoms with E-state index in [1.165, 1.54) is 24.0 Å². The molecule has 2 aliphatic rings. The molecule has 2 aliphatic heterocycles. The van der Waals surface area contributed by atoms with Crippen LogP contribution in [0.25, 0.3) is 0 Å². The minimum Gasteiger partial charge on any atom is -0.495 e. The van der Waals surface area contributed by atoms with Gasteiger partial charge in [-0.3, -0.25) is 9.69 Å². The van der Waals surface area contributed by atoms with Gasteiger partial charge in [0.2, 0.25) is 5.91 Å². The molecule has 204 valence electrons. The largest absolute Gasteiger partial charge is 0.495 e. The highest BCUT2D eigenvalue weighted by molar-refractivity contribution is 5.90. The lowest BCUT2D eigenvalue weighted by Crippen LogP contribution is -2.54. The summed E-state index contributed by atoms with van der Waals surface area (Å²) in [6.07, 6.45) is -0.206. The van der Waals surface area contributed by atoms with Crippen LogP contribution in [-0.4, -0.2) is 68.2 Å². The zero-order valence-electron chi connectivity index (χ0n) is 22.5. The topological polar surface area (TPSA) is 97.4 Å². The Hall–Kier alpha value is -4.53. The van der Waals surface area contributed by atoms with Gasteiger partial charge < -0.3 is 24.4 Å². The lowest BCUT2D eigenvalue weighted by atomic mass is 9.99. The number of benzene rings is 3. The fraction of sp³-hybridized carbons (Fsp3) is 0.300. The molecule has 3 aromatic rings. The molecule has 0 saturated heterocycles. The normalized spacial score (nSPS) is 17.0. The van der Waals surface area contributed by atoms with Crippen molar-refractivity contribution in [2.75, 3.05) is 33.6 Å². The zero-order valence-corrected chi connectivity index (χ0v) is 22.5. The number of methoxy groups -OCH3 is 2. The molecular weight excluding hydrogens is 498 g/mol. The third-order valence-electron chi connectivity index (χ3n) is 6.89. The van der Waals surface area contributed by atoms with E-state index in [-0.39, 0.29) is 19.4 Å². The molecule has 39 heavy (non-hydrogen) atoms. The summed E-state index contributed by atoms with van der Waals surface area (Å²) in [6, 6.07) is 20.6. The number of esters is 1. The fourth-order valence-electron chi connectivity index (χ4n) is 4.55. The number of nitrogens with one attached hydrogen (secondary N) is 1. The highest BCUT2D eigenvalue weighted by atomic mass is 16.6. The Balaban J connectivity index is 1.68. The van der Waals surface area contributed by atoms with Gasteiger partial charge in [0.25, 0.3) is 0 Å². The summed E-state index contributed by atoms with van der Waals surface area (Å²) >= 11 is 0. The first-order valence-electron chi connectivity index (χ1n) is 12.6. The van der Waals surface area contributed by atoms with Gasteiger partial charge in [0.15, 0.2) is 0 Å². The predicted molar refractivity (Wildman–Crippen MR) is 147 cm³/mol. The highest BCUT2D eigenvalue weighted by Crippen LogP contribution is 2.30. The molecule has 3 aromatic carbocycles. The number of rotatable bonds is 5. The molecule has 2 atom stereocenters. The van der Waals surface area contributed by atoms with E-state index in [9.17, 15) is 14.4 Å². The molecule has 5 rings (SSSR count). The van der Waals surface area contributed by atoms with Crippen LogP contribution in [0.3, 0.4) is 0 Å². The van der Waals surface area contributed by atoms with Crippen molar-refractivity contribution in [3.63, 3.8) is 0 Å². The molecule has 0 radical (unpaired) electrons. The third-order valence-corrected chi connectivity index (χ3v) is 6.89. The lowest BCUT2D eigenvalue weighted by molar-refractivity contribution is -0.153. The number of carbonyl (C=O) groups is 3. The summed E-state index contributed by atoms with van der Waals surface area (Å²) in [4.78, 5) is 42.5. The second-order valence-electron chi connectivity index (χ2n) is 9.42. The van der Waals surface area contributed by atoms with E-state index in [1.54, 1.807) is 14.2 Å². The van der Waals surface area contributed by atoms with E-state index in [2.05, 4.69) is 5.32 Å². The summed E-state index contributed by atoms with van der Waals surface area (Å²) in [6.45, 7) is 0.0751. The van der Waals surface area contributed by atoms with Crippen molar-refractivity contribution in [3.8, 4) is 5.75 Å². The Morgan fingerprint density at radius 3 is 2.33 bits per heavy atom. The van der Waals surface area contributed by atoms with Gasteiger partial charge in [-0.2, -0.15) is 0 Å². The van der Waals surface area contributed by atoms with Crippen LogP contribution < -0.4 is 10.1 Å². The van der Waals surface area contributed by atoms with Crippen molar-refractivity contribution >= 4 is 29.3 Å².